The second-order valence-electron chi connectivity index (χ2n) is 10.3. The Morgan fingerprint density at radius 1 is 1.20 bits per heavy atom. The SMILES string of the molecule is COc1cc(-c2[nH]nc(-c3cc(C)c(C4CCN(CC(=O)N(C)C)CC4)cn3)c2CC(F)(F)F)cn2ncnc12. The van der Waals surface area contributed by atoms with Gasteiger partial charge in [0.1, 0.15) is 12.0 Å². The molecule has 5 heterocycles. The van der Waals surface area contributed by atoms with Crippen molar-refractivity contribution in [1.29, 1.82) is 0 Å². The number of rotatable bonds is 7. The topological polar surface area (TPSA) is 105 Å². The summed E-state index contributed by atoms with van der Waals surface area (Å²) >= 11 is 0. The van der Waals surface area contributed by atoms with Crippen LogP contribution in [0.2, 0.25) is 0 Å². The second kappa shape index (κ2) is 10.9. The summed E-state index contributed by atoms with van der Waals surface area (Å²) in [6.07, 6.45) is 0.791. The van der Waals surface area contributed by atoms with E-state index in [1.807, 2.05) is 6.92 Å². The van der Waals surface area contributed by atoms with Gasteiger partial charge in [0, 0.05) is 37.6 Å². The number of halogens is 3. The van der Waals surface area contributed by atoms with Crippen LogP contribution in [-0.4, -0.2) is 92.5 Å². The lowest BCUT2D eigenvalue weighted by molar-refractivity contribution is -0.130. The maximum atomic E-state index is 13.8. The fourth-order valence-electron chi connectivity index (χ4n) is 5.23. The Hall–Kier alpha value is -4.00. The largest absolute Gasteiger partial charge is 0.493 e. The van der Waals surface area contributed by atoms with Gasteiger partial charge in [0.15, 0.2) is 11.4 Å². The van der Waals surface area contributed by atoms with E-state index in [1.54, 1.807) is 43.5 Å². The Kier molecular flexibility index (Phi) is 7.49. The molecule has 13 heteroatoms. The van der Waals surface area contributed by atoms with Gasteiger partial charge in [-0.2, -0.15) is 23.4 Å². The Morgan fingerprint density at radius 2 is 1.95 bits per heavy atom. The van der Waals surface area contributed by atoms with Gasteiger partial charge in [0.2, 0.25) is 5.91 Å². The van der Waals surface area contributed by atoms with Crippen LogP contribution in [0.25, 0.3) is 28.3 Å². The smallest absolute Gasteiger partial charge is 0.393 e. The first-order valence-electron chi connectivity index (χ1n) is 12.9. The van der Waals surface area contributed by atoms with Gasteiger partial charge in [0.25, 0.3) is 0 Å². The van der Waals surface area contributed by atoms with Gasteiger partial charge in [-0.3, -0.25) is 19.8 Å². The van der Waals surface area contributed by atoms with E-state index in [0.717, 1.165) is 37.1 Å². The van der Waals surface area contributed by atoms with Crippen molar-refractivity contribution in [3.8, 4) is 28.4 Å². The van der Waals surface area contributed by atoms with E-state index in [2.05, 4.69) is 30.2 Å². The first kappa shape index (κ1) is 27.6. The summed E-state index contributed by atoms with van der Waals surface area (Å²) in [5, 5.41) is 11.2. The number of aryl methyl sites for hydroxylation is 1. The number of piperidine rings is 1. The molecule has 1 fully saturated rings. The normalized spacial score (nSPS) is 15.1. The molecule has 0 saturated carbocycles. The summed E-state index contributed by atoms with van der Waals surface area (Å²) in [6.45, 7) is 3.94. The number of aromatic nitrogens is 6. The van der Waals surface area contributed by atoms with E-state index < -0.39 is 12.6 Å². The van der Waals surface area contributed by atoms with Crippen molar-refractivity contribution in [2.75, 3.05) is 40.8 Å². The number of alkyl halides is 3. The molecule has 1 saturated heterocycles. The molecule has 40 heavy (non-hydrogen) atoms. The van der Waals surface area contributed by atoms with Gasteiger partial charge >= 0.3 is 6.18 Å². The molecule has 0 unspecified atom stereocenters. The molecule has 10 nitrogen and oxygen atoms in total. The van der Waals surface area contributed by atoms with Crippen molar-refractivity contribution in [2.24, 2.45) is 0 Å². The van der Waals surface area contributed by atoms with Gasteiger partial charge in [-0.1, -0.05) is 0 Å². The van der Waals surface area contributed by atoms with Crippen LogP contribution >= 0.6 is 0 Å². The number of aromatic amines is 1. The highest BCUT2D eigenvalue weighted by Gasteiger charge is 2.33. The molecule has 1 N–H and O–H groups in total. The minimum atomic E-state index is -4.47. The number of methoxy groups -OCH3 is 1. The van der Waals surface area contributed by atoms with E-state index >= 15 is 0 Å². The third kappa shape index (κ3) is 5.64. The summed E-state index contributed by atoms with van der Waals surface area (Å²) in [7, 11) is 4.96. The Balaban J connectivity index is 1.44. The molecule has 1 aliphatic heterocycles. The maximum Gasteiger partial charge on any atom is 0.393 e. The number of likely N-dealkylation sites (tertiary alicyclic amines) is 1. The average Bonchev–Trinajstić information content (AvgIpc) is 3.54. The fraction of sp³-hybridized carbons (Fsp3) is 0.444. The zero-order valence-corrected chi connectivity index (χ0v) is 22.8. The van der Waals surface area contributed by atoms with Crippen LogP contribution in [0.3, 0.4) is 0 Å². The summed E-state index contributed by atoms with van der Waals surface area (Å²) in [4.78, 5) is 24.5. The van der Waals surface area contributed by atoms with E-state index in [1.165, 1.54) is 18.0 Å². The second-order valence-corrected chi connectivity index (χ2v) is 10.3. The van der Waals surface area contributed by atoms with Crippen molar-refractivity contribution in [3.05, 3.63) is 47.5 Å². The van der Waals surface area contributed by atoms with Crippen LogP contribution in [0.5, 0.6) is 5.75 Å². The number of carbonyl (C=O) groups is 1. The Labute approximate surface area is 229 Å². The number of amides is 1. The minimum absolute atomic E-state index is 0.00691. The lowest BCUT2D eigenvalue weighted by Crippen LogP contribution is -2.40. The van der Waals surface area contributed by atoms with E-state index in [4.69, 9.17) is 4.74 Å². The van der Waals surface area contributed by atoms with Crippen LogP contribution in [0, 0.1) is 6.92 Å². The number of fused-ring (bicyclic) bond motifs is 1. The fourth-order valence-corrected chi connectivity index (χ4v) is 5.23. The van der Waals surface area contributed by atoms with Gasteiger partial charge in [0.05, 0.1) is 31.5 Å². The lowest BCUT2D eigenvalue weighted by Gasteiger charge is -2.32. The van der Waals surface area contributed by atoms with Crippen molar-refractivity contribution in [3.63, 3.8) is 0 Å². The number of ether oxygens (including phenoxy) is 1. The molecule has 1 aliphatic rings. The van der Waals surface area contributed by atoms with Crippen LogP contribution < -0.4 is 4.74 Å². The highest BCUT2D eigenvalue weighted by molar-refractivity contribution is 5.77. The average molecular weight is 557 g/mol. The van der Waals surface area contributed by atoms with Crippen molar-refractivity contribution < 1.29 is 22.7 Å². The number of pyridine rings is 2. The quantitative estimate of drug-likeness (QED) is 0.369. The molecule has 0 aromatic carbocycles. The number of hydrogen-bond acceptors (Lipinski definition) is 7. The number of likely N-dealkylation sites (N-methyl/N-ethyl adjacent to an activating group) is 1. The molecule has 4 aromatic rings. The van der Waals surface area contributed by atoms with Gasteiger partial charge in [-0.15, -0.1) is 0 Å². The number of nitrogens with one attached hydrogen (secondary N) is 1. The van der Waals surface area contributed by atoms with Crippen molar-refractivity contribution in [1.82, 2.24) is 39.6 Å². The number of H-pyrrole nitrogens is 1. The third-order valence-corrected chi connectivity index (χ3v) is 7.37. The summed E-state index contributed by atoms with van der Waals surface area (Å²) in [6, 6.07) is 3.42. The van der Waals surface area contributed by atoms with Gasteiger partial charge in [-0.05, 0) is 62.0 Å². The minimum Gasteiger partial charge on any atom is -0.493 e. The summed E-state index contributed by atoms with van der Waals surface area (Å²) in [5.74, 6) is 0.714. The predicted octanol–water partition coefficient (Wildman–Crippen LogP) is 3.87. The Morgan fingerprint density at radius 3 is 2.60 bits per heavy atom. The molecule has 0 aliphatic carbocycles. The Bertz CT molecular complexity index is 1520. The number of carbonyl (C=O) groups excluding carboxylic acids is 1. The van der Waals surface area contributed by atoms with Crippen molar-refractivity contribution in [2.45, 2.75) is 38.3 Å². The first-order valence-corrected chi connectivity index (χ1v) is 12.9. The van der Waals surface area contributed by atoms with Crippen LogP contribution in [0.15, 0.2) is 30.9 Å². The molecular formula is C27H31F3N8O2. The molecule has 4 aromatic heterocycles. The van der Waals surface area contributed by atoms with Crippen LogP contribution in [0.4, 0.5) is 13.2 Å². The maximum absolute atomic E-state index is 13.8. The monoisotopic (exact) mass is 556 g/mol. The zero-order valence-electron chi connectivity index (χ0n) is 22.8. The molecule has 5 rings (SSSR count). The van der Waals surface area contributed by atoms with E-state index in [-0.39, 0.29) is 28.8 Å². The molecule has 0 atom stereocenters. The third-order valence-electron chi connectivity index (χ3n) is 7.37. The highest BCUT2D eigenvalue weighted by atomic mass is 19.4. The van der Waals surface area contributed by atoms with Gasteiger partial charge in [-0.25, -0.2) is 9.50 Å². The zero-order chi connectivity index (χ0) is 28.6. The molecular weight excluding hydrogens is 525 g/mol. The molecule has 0 bridgehead atoms. The molecule has 212 valence electrons. The first-order chi connectivity index (χ1) is 19.0. The highest BCUT2D eigenvalue weighted by Crippen LogP contribution is 2.37. The predicted molar refractivity (Wildman–Crippen MR) is 142 cm³/mol. The van der Waals surface area contributed by atoms with Crippen LogP contribution in [0.1, 0.15) is 35.4 Å². The van der Waals surface area contributed by atoms with E-state index in [9.17, 15) is 18.0 Å². The molecule has 0 spiro atoms. The summed E-state index contributed by atoms with van der Waals surface area (Å²) < 4.78 is 48.1. The summed E-state index contributed by atoms with van der Waals surface area (Å²) in [5.41, 5.74) is 3.62. The standard InChI is InChI=1S/C27H31F3N8O2/c1-16-9-21(31-12-20(16)17-5-7-37(8-6-17)14-23(39)36(2)3)25-19(11-27(28,29)30)24(34-35-25)18-10-22(40-4)26-32-15-33-38(26)13-18/h9-10,12-13,15,17H,5-8,11,14H2,1-4H3,(H,34,35). The van der Waals surface area contributed by atoms with Gasteiger partial charge < -0.3 is 9.64 Å². The molecule has 1 amide bonds. The van der Waals surface area contributed by atoms with Crippen LogP contribution in [-0.2, 0) is 11.2 Å². The van der Waals surface area contributed by atoms with E-state index in [0.29, 0.717) is 29.2 Å². The van der Waals surface area contributed by atoms with Crippen molar-refractivity contribution >= 4 is 11.6 Å². The lowest BCUT2D eigenvalue weighted by atomic mass is 9.87. The number of hydrogen-bond donors (Lipinski definition) is 1. The molecule has 0 radical (unpaired) electrons. The number of nitrogens with zero attached hydrogens (tertiary/aromatic N) is 7.